The van der Waals surface area contributed by atoms with Gasteiger partial charge in [-0.25, -0.2) is 0 Å². The first-order chi connectivity index (χ1) is 10.1. The van der Waals surface area contributed by atoms with E-state index in [-0.39, 0.29) is 5.91 Å². The van der Waals surface area contributed by atoms with Crippen LogP contribution in [0.25, 0.3) is 0 Å². The number of amides is 1. The first-order valence-electron chi connectivity index (χ1n) is 6.63. The van der Waals surface area contributed by atoms with Crippen LogP contribution in [-0.2, 0) is 6.42 Å². The van der Waals surface area contributed by atoms with Crippen molar-refractivity contribution >= 4 is 17.5 Å². The van der Waals surface area contributed by atoms with Gasteiger partial charge in [0.15, 0.2) is 0 Å². The summed E-state index contributed by atoms with van der Waals surface area (Å²) in [6.07, 6.45) is 2.21. The van der Waals surface area contributed by atoms with Crippen LogP contribution in [0.1, 0.15) is 21.6 Å². The first-order valence-corrected chi connectivity index (χ1v) is 7.01. The Labute approximate surface area is 129 Å². The van der Waals surface area contributed by atoms with Crippen molar-refractivity contribution in [1.29, 1.82) is 0 Å². The lowest BCUT2D eigenvalue weighted by molar-refractivity contribution is 0.0949. The number of halogens is 1. The summed E-state index contributed by atoms with van der Waals surface area (Å²) in [7, 11) is 1.64. The molecule has 2 rings (SSSR count). The number of hydrogen-bond acceptors (Lipinski definition) is 3. The molecule has 0 spiro atoms. The number of pyridine rings is 1. The Bertz CT molecular complexity index is 644. The molecule has 1 heterocycles. The average Bonchev–Trinajstić information content (AvgIpc) is 2.47. The second kappa shape index (κ2) is 7.09. The molecule has 4 nitrogen and oxygen atoms in total. The van der Waals surface area contributed by atoms with E-state index >= 15 is 0 Å². The van der Waals surface area contributed by atoms with Crippen molar-refractivity contribution in [2.45, 2.75) is 13.3 Å². The van der Waals surface area contributed by atoms with Gasteiger partial charge in [-0.1, -0.05) is 29.3 Å². The fraction of sp³-hybridized carbons (Fsp3) is 0.250. The SMILES string of the molecule is COc1ccc(C)cc1CCNC(=O)c1cc(Cl)ccn1. The van der Waals surface area contributed by atoms with E-state index in [2.05, 4.69) is 16.4 Å². The van der Waals surface area contributed by atoms with Crippen LogP contribution in [0.15, 0.2) is 36.5 Å². The molecule has 0 radical (unpaired) electrons. The molecule has 1 N–H and O–H groups in total. The predicted octanol–water partition coefficient (Wildman–Crippen LogP) is 3.02. The number of ether oxygens (including phenoxy) is 1. The molecule has 0 atom stereocenters. The minimum atomic E-state index is -0.232. The topological polar surface area (TPSA) is 51.2 Å². The highest BCUT2D eigenvalue weighted by Crippen LogP contribution is 2.19. The molecule has 0 bridgehead atoms. The van der Waals surface area contributed by atoms with E-state index < -0.39 is 0 Å². The summed E-state index contributed by atoms with van der Waals surface area (Å²) in [6.45, 7) is 2.53. The van der Waals surface area contributed by atoms with E-state index in [1.54, 1.807) is 19.2 Å². The third kappa shape index (κ3) is 4.20. The van der Waals surface area contributed by atoms with Gasteiger partial charge in [-0.2, -0.15) is 0 Å². The Hall–Kier alpha value is -2.07. The summed E-state index contributed by atoms with van der Waals surface area (Å²) in [5, 5.41) is 3.33. The summed E-state index contributed by atoms with van der Waals surface area (Å²) in [5.41, 5.74) is 2.55. The number of carbonyl (C=O) groups is 1. The van der Waals surface area contributed by atoms with Crippen LogP contribution in [0, 0.1) is 6.92 Å². The van der Waals surface area contributed by atoms with Gasteiger partial charge in [0.1, 0.15) is 11.4 Å². The molecule has 0 aliphatic carbocycles. The largest absolute Gasteiger partial charge is 0.496 e. The highest BCUT2D eigenvalue weighted by molar-refractivity contribution is 6.30. The molecule has 2 aromatic rings. The maximum absolute atomic E-state index is 11.9. The fourth-order valence-corrected chi connectivity index (χ4v) is 2.19. The zero-order chi connectivity index (χ0) is 15.2. The Morgan fingerprint density at radius 2 is 2.14 bits per heavy atom. The van der Waals surface area contributed by atoms with E-state index in [0.717, 1.165) is 16.9 Å². The van der Waals surface area contributed by atoms with E-state index in [9.17, 15) is 4.79 Å². The van der Waals surface area contributed by atoms with Gasteiger partial charge >= 0.3 is 0 Å². The Morgan fingerprint density at radius 1 is 1.33 bits per heavy atom. The van der Waals surface area contributed by atoms with Crippen molar-refractivity contribution in [3.63, 3.8) is 0 Å². The molecule has 1 aromatic heterocycles. The average molecular weight is 305 g/mol. The lowest BCUT2D eigenvalue weighted by Gasteiger charge is -2.10. The summed E-state index contributed by atoms with van der Waals surface area (Å²) in [5.74, 6) is 0.597. The Balaban J connectivity index is 1.95. The number of nitrogens with one attached hydrogen (secondary N) is 1. The molecule has 0 aliphatic heterocycles. The number of nitrogens with zero attached hydrogens (tertiary/aromatic N) is 1. The molecule has 1 aromatic carbocycles. The van der Waals surface area contributed by atoms with Crippen molar-refractivity contribution in [2.24, 2.45) is 0 Å². The quantitative estimate of drug-likeness (QED) is 0.924. The second-order valence-electron chi connectivity index (χ2n) is 4.68. The van der Waals surface area contributed by atoms with Crippen molar-refractivity contribution in [3.8, 4) is 5.75 Å². The Kier molecular flexibility index (Phi) is 5.17. The van der Waals surface area contributed by atoms with Gasteiger partial charge in [0, 0.05) is 17.8 Å². The van der Waals surface area contributed by atoms with Gasteiger partial charge in [-0.05, 0) is 37.1 Å². The summed E-state index contributed by atoms with van der Waals surface area (Å²) >= 11 is 5.84. The monoisotopic (exact) mass is 304 g/mol. The standard InChI is InChI=1S/C16H17ClN2O2/c1-11-3-4-15(21-2)12(9-11)5-7-19-16(20)14-10-13(17)6-8-18-14/h3-4,6,8-10H,5,7H2,1-2H3,(H,19,20). The number of carbonyl (C=O) groups excluding carboxylic acids is 1. The number of aryl methyl sites for hydroxylation is 1. The molecule has 0 fully saturated rings. The zero-order valence-electron chi connectivity index (χ0n) is 12.0. The molecule has 0 saturated heterocycles. The zero-order valence-corrected chi connectivity index (χ0v) is 12.8. The van der Waals surface area contributed by atoms with E-state index in [1.165, 1.54) is 6.20 Å². The highest BCUT2D eigenvalue weighted by Gasteiger charge is 2.08. The summed E-state index contributed by atoms with van der Waals surface area (Å²) < 4.78 is 5.32. The maximum Gasteiger partial charge on any atom is 0.269 e. The Morgan fingerprint density at radius 3 is 2.86 bits per heavy atom. The molecule has 110 valence electrons. The summed E-state index contributed by atoms with van der Waals surface area (Å²) in [4.78, 5) is 15.9. The normalized spacial score (nSPS) is 10.2. The number of methoxy groups -OCH3 is 1. The number of rotatable bonds is 5. The van der Waals surface area contributed by atoms with Crippen LogP contribution in [0.5, 0.6) is 5.75 Å². The molecule has 5 heteroatoms. The second-order valence-corrected chi connectivity index (χ2v) is 5.12. The third-order valence-electron chi connectivity index (χ3n) is 3.07. The van der Waals surface area contributed by atoms with Crippen LogP contribution in [-0.4, -0.2) is 24.5 Å². The van der Waals surface area contributed by atoms with E-state index in [1.807, 2.05) is 19.1 Å². The molecule has 1 amide bonds. The molecule has 21 heavy (non-hydrogen) atoms. The first kappa shape index (κ1) is 15.3. The van der Waals surface area contributed by atoms with Gasteiger partial charge in [0.25, 0.3) is 5.91 Å². The van der Waals surface area contributed by atoms with Gasteiger partial charge in [0.2, 0.25) is 0 Å². The minimum Gasteiger partial charge on any atom is -0.496 e. The number of aromatic nitrogens is 1. The minimum absolute atomic E-state index is 0.232. The molecule has 0 saturated carbocycles. The maximum atomic E-state index is 11.9. The molecule has 0 unspecified atom stereocenters. The lowest BCUT2D eigenvalue weighted by atomic mass is 10.1. The van der Waals surface area contributed by atoms with Crippen LogP contribution >= 0.6 is 11.6 Å². The van der Waals surface area contributed by atoms with Crippen LogP contribution in [0.3, 0.4) is 0 Å². The van der Waals surface area contributed by atoms with Crippen LogP contribution < -0.4 is 10.1 Å². The third-order valence-corrected chi connectivity index (χ3v) is 3.31. The van der Waals surface area contributed by atoms with Crippen LogP contribution in [0.4, 0.5) is 0 Å². The van der Waals surface area contributed by atoms with Crippen LogP contribution in [0.2, 0.25) is 5.02 Å². The van der Waals surface area contributed by atoms with Gasteiger partial charge in [-0.3, -0.25) is 9.78 Å². The lowest BCUT2D eigenvalue weighted by Crippen LogP contribution is -2.26. The molecular weight excluding hydrogens is 288 g/mol. The number of benzene rings is 1. The molecular formula is C16H17ClN2O2. The van der Waals surface area contributed by atoms with Crippen molar-refractivity contribution in [3.05, 3.63) is 58.4 Å². The number of hydrogen-bond donors (Lipinski definition) is 1. The smallest absolute Gasteiger partial charge is 0.269 e. The summed E-state index contributed by atoms with van der Waals surface area (Å²) in [6, 6.07) is 9.17. The molecule has 0 aliphatic rings. The fourth-order valence-electron chi connectivity index (χ4n) is 2.03. The van der Waals surface area contributed by atoms with Crippen molar-refractivity contribution < 1.29 is 9.53 Å². The predicted molar refractivity (Wildman–Crippen MR) is 83.0 cm³/mol. The van der Waals surface area contributed by atoms with E-state index in [4.69, 9.17) is 16.3 Å². The van der Waals surface area contributed by atoms with Gasteiger partial charge in [-0.15, -0.1) is 0 Å². The highest BCUT2D eigenvalue weighted by atomic mass is 35.5. The van der Waals surface area contributed by atoms with E-state index in [0.29, 0.717) is 23.7 Å². The van der Waals surface area contributed by atoms with Gasteiger partial charge in [0.05, 0.1) is 7.11 Å². The van der Waals surface area contributed by atoms with Gasteiger partial charge < -0.3 is 10.1 Å². The van der Waals surface area contributed by atoms with Crippen molar-refractivity contribution in [2.75, 3.05) is 13.7 Å². The van der Waals surface area contributed by atoms with Crippen molar-refractivity contribution in [1.82, 2.24) is 10.3 Å².